The third-order valence-corrected chi connectivity index (χ3v) is 6.17. The molecule has 1 aromatic heterocycles. The van der Waals surface area contributed by atoms with E-state index in [4.69, 9.17) is 19.2 Å². The van der Waals surface area contributed by atoms with Gasteiger partial charge in [-0.3, -0.25) is 0 Å². The quantitative estimate of drug-likeness (QED) is 0.559. The summed E-state index contributed by atoms with van der Waals surface area (Å²) >= 11 is 3.47. The lowest BCUT2D eigenvalue weighted by Crippen LogP contribution is -2.45. The summed E-state index contributed by atoms with van der Waals surface area (Å²) in [5.41, 5.74) is 2.02. The molecular formula is C23H23BrN2O3. The summed E-state index contributed by atoms with van der Waals surface area (Å²) in [4.78, 5) is 7.26. The van der Waals surface area contributed by atoms with E-state index in [0.29, 0.717) is 19.8 Å². The molecule has 2 aliphatic rings. The Morgan fingerprint density at radius 3 is 2.48 bits per heavy atom. The molecule has 2 saturated heterocycles. The largest absolute Gasteiger partial charge is 0.487 e. The van der Waals surface area contributed by atoms with Crippen molar-refractivity contribution < 1.29 is 14.2 Å². The second kappa shape index (κ2) is 7.94. The van der Waals surface area contributed by atoms with E-state index < -0.39 is 0 Å². The van der Waals surface area contributed by atoms with E-state index in [9.17, 15) is 0 Å². The SMILES string of the molecule is Brc1ccc(COc2cccc3ccc(N4CCC5(CC4)OCCO5)nc23)cc1. The Labute approximate surface area is 178 Å². The highest BCUT2D eigenvalue weighted by Crippen LogP contribution is 2.34. The number of piperidine rings is 1. The first-order valence-corrected chi connectivity index (χ1v) is 10.8. The van der Waals surface area contributed by atoms with Crippen molar-refractivity contribution in [3.05, 3.63) is 64.6 Å². The number of rotatable bonds is 4. The van der Waals surface area contributed by atoms with Crippen LogP contribution in [0.1, 0.15) is 18.4 Å². The molecule has 0 N–H and O–H groups in total. The first-order valence-electron chi connectivity index (χ1n) is 10.0. The minimum absolute atomic E-state index is 0.369. The van der Waals surface area contributed by atoms with Gasteiger partial charge in [-0.15, -0.1) is 0 Å². The van der Waals surface area contributed by atoms with Crippen molar-refractivity contribution in [2.75, 3.05) is 31.2 Å². The van der Waals surface area contributed by atoms with Gasteiger partial charge in [-0.25, -0.2) is 4.98 Å². The normalized spacial score (nSPS) is 18.4. The van der Waals surface area contributed by atoms with Crippen molar-refractivity contribution in [2.45, 2.75) is 25.2 Å². The molecule has 0 amide bonds. The number of nitrogens with zero attached hydrogens (tertiary/aromatic N) is 2. The van der Waals surface area contributed by atoms with Gasteiger partial charge in [-0.05, 0) is 35.9 Å². The van der Waals surface area contributed by atoms with Gasteiger partial charge in [0.05, 0.1) is 13.2 Å². The Bertz CT molecular complexity index is 993. The zero-order chi connectivity index (χ0) is 19.7. The van der Waals surface area contributed by atoms with Gasteiger partial charge in [-0.1, -0.05) is 40.2 Å². The topological polar surface area (TPSA) is 43.8 Å². The zero-order valence-corrected chi connectivity index (χ0v) is 17.7. The first kappa shape index (κ1) is 18.9. The number of fused-ring (bicyclic) bond motifs is 1. The number of anilines is 1. The molecule has 0 saturated carbocycles. The average Bonchev–Trinajstić information content (AvgIpc) is 3.21. The fraction of sp³-hybridized carbons (Fsp3) is 0.348. The number of hydrogen-bond acceptors (Lipinski definition) is 5. The number of ether oxygens (including phenoxy) is 3. The Balaban J connectivity index is 1.35. The lowest BCUT2D eigenvalue weighted by atomic mass is 10.0. The highest BCUT2D eigenvalue weighted by atomic mass is 79.9. The molecular weight excluding hydrogens is 432 g/mol. The monoisotopic (exact) mass is 454 g/mol. The van der Waals surface area contributed by atoms with Gasteiger partial charge < -0.3 is 19.1 Å². The van der Waals surface area contributed by atoms with Crippen LogP contribution in [-0.4, -0.2) is 37.1 Å². The molecule has 0 bridgehead atoms. The van der Waals surface area contributed by atoms with E-state index in [1.807, 2.05) is 24.3 Å². The molecule has 0 aliphatic carbocycles. The lowest BCUT2D eigenvalue weighted by molar-refractivity contribution is -0.169. The van der Waals surface area contributed by atoms with Gasteiger partial charge in [0.25, 0.3) is 0 Å². The maximum Gasteiger partial charge on any atom is 0.171 e. The Kier molecular flexibility index (Phi) is 5.16. The molecule has 0 radical (unpaired) electrons. The molecule has 3 aromatic rings. The predicted molar refractivity (Wildman–Crippen MR) is 116 cm³/mol. The summed E-state index contributed by atoms with van der Waals surface area (Å²) < 4.78 is 18.9. The highest BCUT2D eigenvalue weighted by Gasteiger charge is 2.40. The van der Waals surface area contributed by atoms with Crippen molar-refractivity contribution in [3.8, 4) is 5.75 Å². The van der Waals surface area contributed by atoms with E-state index in [0.717, 1.165) is 58.4 Å². The number of para-hydroxylation sites is 1. The van der Waals surface area contributed by atoms with Crippen molar-refractivity contribution in [2.24, 2.45) is 0 Å². The minimum atomic E-state index is -0.369. The van der Waals surface area contributed by atoms with Crippen LogP contribution < -0.4 is 9.64 Å². The summed E-state index contributed by atoms with van der Waals surface area (Å²) in [7, 11) is 0. The summed E-state index contributed by atoms with van der Waals surface area (Å²) in [5.74, 6) is 1.42. The maximum atomic E-state index is 6.13. The Hall–Kier alpha value is -2.15. The van der Waals surface area contributed by atoms with Crippen LogP contribution in [-0.2, 0) is 16.1 Å². The van der Waals surface area contributed by atoms with Crippen molar-refractivity contribution in [3.63, 3.8) is 0 Å². The van der Waals surface area contributed by atoms with Crippen LogP contribution in [0, 0.1) is 0 Å². The number of hydrogen-bond donors (Lipinski definition) is 0. The molecule has 2 aromatic carbocycles. The minimum Gasteiger partial charge on any atom is -0.487 e. The second-order valence-corrected chi connectivity index (χ2v) is 8.42. The van der Waals surface area contributed by atoms with Crippen LogP contribution in [0.3, 0.4) is 0 Å². The smallest absolute Gasteiger partial charge is 0.171 e. The van der Waals surface area contributed by atoms with Gasteiger partial charge in [-0.2, -0.15) is 0 Å². The summed E-state index contributed by atoms with van der Waals surface area (Å²) in [5, 5.41) is 1.08. The molecule has 5 rings (SSSR count). The van der Waals surface area contributed by atoms with Crippen molar-refractivity contribution >= 4 is 32.7 Å². The first-order chi connectivity index (χ1) is 14.2. The van der Waals surface area contributed by atoms with Crippen molar-refractivity contribution in [1.29, 1.82) is 0 Å². The second-order valence-electron chi connectivity index (χ2n) is 7.51. The van der Waals surface area contributed by atoms with Crippen LogP contribution in [0.25, 0.3) is 10.9 Å². The molecule has 5 nitrogen and oxygen atoms in total. The molecule has 3 heterocycles. The number of pyridine rings is 1. The number of halogens is 1. The van der Waals surface area contributed by atoms with Crippen LogP contribution in [0.4, 0.5) is 5.82 Å². The zero-order valence-electron chi connectivity index (χ0n) is 16.1. The molecule has 6 heteroatoms. The molecule has 0 atom stereocenters. The van der Waals surface area contributed by atoms with Crippen LogP contribution >= 0.6 is 15.9 Å². The third-order valence-electron chi connectivity index (χ3n) is 5.64. The maximum absolute atomic E-state index is 6.13. The van der Waals surface area contributed by atoms with E-state index in [1.54, 1.807) is 0 Å². The summed E-state index contributed by atoms with van der Waals surface area (Å²) in [6.45, 7) is 3.67. The van der Waals surface area contributed by atoms with E-state index >= 15 is 0 Å². The van der Waals surface area contributed by atoms with E-state index in [1.165, 1.54) is 0 Å². The Morgan fingerprint density at radius 1 is 0.966 bits per heavy atom. The lowest BCUT2D eigenvalue weighted by Gasteiger charge is -2.38. The molecule has 1 spiro atoms. The van der Waals surface area contributed by atoms with Crippen LogP contribution in [0.15, 0.2) is 59.1 Å². The number of benzene rings is 2. The van der Waals surface area contributed by atoms with Gasteiger partial charge in [0.15, 0.2) is 5.79 Å². The van der Waals surface area contributed by atoms with E-state index in [2.05, 4.69) is 51.2 Å². The van der Waals surface area contributed by atoms with Crippen LogP contribution in [0.5, 0.6) is 5.75 Å². The highest BCUT2D eigenvalue weighted by molar-refractivity contribution is 9.10. The van der Waals surface area contributed by atoms with Gasteiger partial charge in [0, 0.05) is 35.8 Å². The van der Waals surface area contributed by atoms with Gasteiger partial charge in [0.2, 0.25) is 0 Å². The molecule has 2 aliphatic heterocycles. The fourth-order valence-electron chi connectivity index (χ4n) is 4.01. The fourth-order valence-corrected chi connectivity index (χ4v) is 4.27. The van der Waals surface area contributed by atoms with E-state index in [-0.39, 0.29) is 5.79 Å². The van der Waals surface area contributed by atoms with Crippen molar-refractivity contribution in [1.82, 2.24) is 4.98 Å². The molecule has 29 heavy (non-hydrogen) atoms. The number of aromatic nitrogens is 1. The summed E-state index contributed by atoms with van der Waals surface area (Å²) in [6.07, 6.45) is 1.74. The Morgan fingerprint density at radius 2 is 1.72 bits per heavy atom. The standard InChI is InChI=1S/C23H23BrN2O3/c24-19-7-4-17(5-8-19)16-27-20-3-1-2-18-6-9-21(25-22(18)20)26-12-10-23(11-13-26)28-14-15-29-23/h1-9H,10-16H2. The average molecular weight is 455 g/mol. The van der Waals surface area contributed by atoms with Crippen LogP contribution in [0.2, 0.25) is 0 Å². The third kappa shape index (κ3) is 3.97. The summed E-state index contributed by atoms with van der Waals surface area (Å²) in [6, 6.07) is 18.5. The molecule has 0 unspecified atom stereocenters. The van der Waals surface area contributed by atoms with Gasteiger partial charge >= 0.3 is 0 Å². The molecule has 2 fully saturated rings. The molecule has 150 valence electrons. The van der Waals surface area contributed by atoms with Gasteiger partial charge in [0.1, 0.15) is 23.7 Å². The predicted octanol–water partition coefficient (Wildman–Crippen LogP) is 4.92.